The molecule has 0 saturated carbocycles. The van der Waals surface area contributed by atoms with Crippen molar-refractivity contribution in [2.24, 2.45) is 5.92 Å². The van der Waals surface area contributed by atoms with E-state index in [1.807, 2.05) is 0 Å². The van der Waals surface area contributed by atoms with Gasteiger partial charge in [-0.2, -0.15) is 0 Å². The van der Waals surface area contributed by atoms with Crippen LogP contribution in [0, 0.1) is 5.92 Å². The molecule has 0 unspecified atom stereocenters. The van der Waals surface area contributed by atoms with Gasteiger partial charge in [0.2, 0.25) is 5.92 Å². The molecule has 0 bridgehead atoms. The van der Waals surface area contributed by atoms with E-state index in [1.165, 1.54) is 13.8 Å². The first-order chi connectivity index (χ1) is 7.76. The van der Waals surface area contributed by atoms with Gasteiger partial charge in [0.05, 0.1) is 12.3 Å². The summed E-state index contributed by atoms with van der Waals surface area (Å²) in [6, 6.07) is 0. The monoisotopic (exact) mass is 262 g/mol. The van der Waals surface area contributed by atoms with E-state index in [-0.39, 0.29) is 5.88 Å². The van der Waals surface area contributed by atoms with Crippen molar-refractivity contribution in [1.82, 2.24) is 0 Å². The molecule has 0 aromatic carbocycles. The van der Waals surface area contributed by atoms with Gasteiger partial charge in [-0.05, 0) is 0 Å². The smallest absolute Gasteiger partial charge is 0.331 e. The van der Waals surface area contributed by atoms with Gasteiger partial charge in [0.1, 0.15) is 0 Å². The molecule has 0 atom stereocenters. The zero-order chi connectivity index (χ0) is 13.2. The minimum atomic E-state index is -1.69. The van der Waals surface area contributed by atoms with Gasteiger partial charge in [-0.1, -0.05) is 0 Å². The predicted octanol–water partition coefficient (Wildman–Crippen LogP) is 0.206. The summed E-state index contributed by atoms with van der Waals surface area (Å²) in [6.45, 7) is 2.74. The second-order valence-electron chi connectivity index (χ2n) is 3.99. The van der Waals surface area contributed by atoms with E-state index in [4.69, 9.17) is 21.1 Å². The number of rotatable bonds is 4. The van der Waals surface area contributed by atoms with Gasteiger partial charge in [-0.25, -0.2) is 0 Å². The maximum absolute atomic E-state index is 11.5. The molecule has 0 radical (unpaired) electrons. The summed E-state index contributed by atoms with van der Waals surface area (Å²) >= 11 is 5.22. The number of alkyl halides is 1. The van der Waals surface area contributed by atoms with Crippen LogP contribution in [0.2, 0.25) is 0 Å². The zero-order valence-electron chi connectivity index (χ0n) is 9.32. The van der Waals surface area contributed by atoms with Crippen LogP contribution < -0.4 is 0 Å². The van der Waals surface area contributed by atoms with E-state index in [1.54, 1.807) is 0 Å². The average molecular weight is 263 g/mol. The molecule has 1 aliphatic rings. The predicted molar refractivity (Wildman–Crippen MR) is 55.1 cm³/mol. The minimum Gasteiger partial charge on any atom is -0.422 e. The Morgan fingerprint density at radius 1 is 1.24 bits per heavy atom. The number of halogens is 1. The summed E-state index contributed by atoms with van der Waals surface area (Å²) in [6.07, 6.45) is -0.585. The molecule has 1 rings (SSSR count). The number of ketones is 2. The normalized spacial score (nSPS) is 19.5. The third-order valence-corrected chi connectivity index (χ3v) is 2.30. The lowest BCUT2D eigenvalue weighted by Gasteiger charge is -2.32. The molecule has 0 spiro atoms. The van der Waals surface area contributed by atoms with Crippen LogP contribution in [0.15, 0.2) is 0 Å². The Morgan fingerprint density at radius 2 is 1.71 bits per heavy atom. The molecule has 0 aliphatic carbocycles. The SMILES string of the molecule is CC1(C)OC(=O)C(C(=O)CC(=O)CCl)C(=O)O1. The quantitative estimate of drug-likeness (QED) is 0.409. The van der Waals surface area contributed by atoms with Crippen LogP contribution in [-0.2, 0) is 28.7 Å². The van der Waals surface area contributed by atoms with Gasteiger partial charge in [0.15, 0.2) is 11.6 Å². The molecule has 1 aliphatic heterocycles. The van der Waals surface area contributed by atoms with Gasteiger partial charge >= 0.3 is 11.9 Å². The van der Waals surface area contributed by atoms with Gasteiger partial charge < -0.3 is 9.47 Å². The standard InChI is InChI=1S/C10H11ClO6/c1-10(2)16-8(14)7(9(15)17-10)6(13)3-5(12)4-11/h7H,3-4H2,1-2H3. The third-order valence-electron chi connectivity index (χ3n) is 2.01. The van der Waals surface area contributed by atoms with Crippen molar-refractivity contribution in [1.29, 1.82) is 0 Å². The van der Waals surface area contributed by atoms with Crippen LogP contribution >= 0.6 is 11.6 Å². The Hall–Kier alpha value is -1.43. The molecule has 1 saturated heterocycles. The van der Waals surface area contributed by atoms with Crippen LogP contribution in [0.3, 0.4) is 0 Å². The summed E-state index contributed by atoms with van der Waals surface area (Å²) in [5.74, 6) is -6.86. The summed E-state index contributed by atoms with van der Waals surface area (Å²) in [5.41, 5.74) is 0. The third kappa shape index (κ3) is 3.26. The Bertz CT molecular complexity index is 366. The lowest BCUT2D eigenvalue weighted by molar-refractivity contribution is -0.238. The van der Waals surface area contributed by atoms with E-state index in [0.29, 0.717) is 0 Å². The van der Waals surface area contributed by atoms with E-state index >= 15 is 0 Å². The molecule has 0 aromatic rings. The van der Waals surface area contributed by atoms with E-state index in [9.17, 15) is 19.2 Å². The van der Waals surface area contributed by atoms with Gasteiger partial charge in [-0.15, -0.1) is 11.6 Å². The van der Waals surface area contributed by atoms with Crippen molar-refractivity contribution in [3.8, 4) is 0 Å². The maximum atomic E-state index is 11.5. The minimum absolute atomic E-state index is 0.353. The van der Waals surface area contributed by atoms with Crippen LogP contribution in [-0.4, -0.2) is 35.2 Å². The van der Waals surface area contributed by atoms with Crippen molar-refractivity contribution in [2.75, 3.05) is 5.88 Å². The summed E-state index contributed by atoms with van der Waals surface area (Å²) in [4.78, 5) is 45.4. The number of esters is 2. The molecule has 17 heavy (non-hydrogen) atoms. The molecule has 1 heterocycles. The van der Waals surface area contributed by atoms with E-state index in [0.717, 1.165) is 0 Å². The first-order valence-electron chi connectivity index (χ1n) is 4.83. The van der Waals surface area contributed by atoms with Crippen molar-refractivity contribution in [2.45, 2.75) is 26.1 Å². The van der Waals surface area contributed by atoms with Crippen LogP contribution in [0.1, 0.15) is 20.3 Å². The molecule has 1 fully saturated rings. The fraction of sp³-hybridized carbons (Fsp3) is 0.600. The fourth-order valence-corrected chi connectivity index (χ4v) is 1.42. The first-order valence-corrected chi connectivity index (χ1v) is 5.36. The zero-order valence-corrected chi connectivity index (χ0v) is 10.1. The summed E-state index contributed by atoms with van der Waals surface area (Å²) in [7, 11) is 0. The number of Topliss-reactive ketones (excluding diaryl/α,β-unsaturated/α-hetero) is 2. The highest BCUT2D eigenvalue weighted by Crippen LogP contribution is 2.24. The second kappa shape index (κ2) is 4.83. The Labute approximate surface area is 102 Å². The highest BCUT2D eigenvalue weighted by molar-refractivity contribution is 6.30. The first kappa shape index (κ1) is 13.6. The molecular weight excluding hydrogens is 252 g/mol. The van der Waals surface area contributed by atoms with Crippen LogP contribution in [0.4, 0.5) is 0 Å². The lowest BCUT2D eigenvalue weighted by atomic mass is 9.99. The van der Waals surface area contributed by atoms with E-state index in [2.05, 4.69) is 0 Å². The maximum Gasteiger partial charge on any atom is 0.331 e. The van der Waals surface area contributed by atoms with Crippen molar-refractivity contribution < 1.29 is 28.7 Å². The van der Waals surface area contributed by atoms with E-state index < -0.39 is 41.6 Å². The van der Waals surface area contributed by atoms with Crippen molar-refractivity contribution >= 4 is 35.1 Å². The fourth-order valence-electron chi connectivity index (χ4n) is 1.33. The highest BCUT2D eigenvalue weighted by Gasteiger charge is 2.47. The van der Waals surface area contributed by atoms with Crippen LogP contribution in [0.25, 0.3) is 0 Å². The molecule has 0 amide bonds. The number of hydrogen-bond acceptors (Lipinski definition) is 6. The highest BCUT2D eigenvalue weighted by atomic mass is 35.5. The molecule has 6 nitrogen and oxygen atoms in total. The number of ether oxygens (including phenoxy) is 2. The number of carbonyl (C=O) groups is 4. The van der Waals surface area contributed by atoms with Gasteiger partial charge in [0, 0.05) is 13.8 Å². The molecule has 0 aromatic heterocycles. The van der Waals surface area contributed by atoms with Gasteiger partial charge in [0.25, 0.3) is 5.79 Å². The van der Waals surface area contributed by atoms with Crippen molar-refractivity contribution in [3.63, 3.8) is 0 Å². The molecular formula is C10H11ClO6. The molecule has 0 N–H and O–H groups in total. The van der Waals surface area contributed by atoms with Crippen molar-refractivity contribution in [3.05, 3.63) is 0 Å². The Balaban J connectivity index is 2.78. The van der Waals surface area contributed by atoms with Gasteiger partial charge in [-0.3, -0.25) is 19.2 Å². The second-order valence-corrected chi connectivity index (χ2v) is 4.26. The number of hydrogen-bond donors (Lipinski definition) is 0. The average Bonchev–Trinajstić information content (AvgIpc) is 2.13. The van der Waals surface area contributed by atoms with Crippen LogP contribution in [0.5, 0.6) is 0 Å². The Kier molecular flexibility index (Phi) is 3.87. The topological polar surface area (TPSA) is 86.7 Å². The lowest BCUT2D eigenvalue weighted by Crippen LogP contribution is -2.49. The summed E-state index contributed by atoms with van der Waals surface area (Å²) < 4.78 is 9.49. The number of carbonyl (C=O) groups excluding carboxylic acids is 4. The molecule has 94 valence electrons. The summed E-state index contributed by atoms with van der Waals surface area (Å²) in [5, 5.41) is 0. The number of cyclic esters (lactones) is 2. The molecule has 7 heteroatoms. The Morgan fingerprint density at radius 3 is 2.12 bits per heavy atom. The largest absolute Gasteiger partial charge is 0.422 e.